The van der Waals surface area contributed by atoms with Gasteiger partial charge in [0, 0.05) is 0 Å². The second-order valence-electron chi connectivity index (χ2n) is 5.89. The summed E-state index contributed by atoms with van der Waals surface area (Å²) in [5, 5.41) is 10.2. The third-order valence-electron chi connectivity index (χ3n) is 3.55. The lowest BCUT2D eigenvalue weighted by molar-refractivity contribution is -0.361. The van der Waals surface area contributed by atoms with Gasteiger partial charge < -0.3 is 14.6 Å². The van der Waals surface area contributed by atoms with E-state index in [4.69, 9.17) is 9.47 Å². The van der Waals surface area contributed by atoms with Crippen molar-refractivity contribution < 1.29 is 14.6 Å². The van der Waals surface area contributed by atoms with E-state index in [-0.39, 0.29) is 6.10 Å². The van der Waals surface area contributed by atoms with E-state index in [9.17, 15) is 5.11 Å². The zero-order valence-electron chi connectivity index (χ0n) is 12.0. The van der Waals surface area contributed by atoms with Crippen molar-refractivity contribution in [3.05, 3.63) is 0 Å². The highest BCUT2D eigenvalue weighted by atomic mass is 16.7. The fourth-order valence-corrected chi connectivity index (χ4v) is 2.76. The standard InChI is InChI=1S/C14H28O3/c1-6-7-8-9-10-14(5)12(15)11(2)16-13(3,4)17-14/h11-12,15H,6-10H2,1-5H3/t11-,12+,14-/m1/s1. The molecule has 0 aliphatic carbocycles. The Morgan fingerprint density at radius 1 is 1.12 bits per heavy atom. The van der Waals surface area contributed by atoms with Crippen LogP contribution in [0.15, 0.2) is 0 Å². The van der Waals surface area contributed by atoms with Crippen LogP contribution in [0.1, 0.15) is 66.7 Å². The van der Waals surface area contributed by atoms with E-state index in [2.05, 4.69) is 6.92 Å². The summed E-state index contributed by atoms with van der Waals surface area (Å²) in [4.78, 5) is 0. The van der Waals surface area contributed by atoms with Crippen LogP contribution in [0, 0.1) is 0 Å². The number of aliphatic hydroxyl groups excluding tert-OH is 1. The molecule has 1 rings (SSSR count). The average molecular weight is 244 g/mol. The molecule has 1 N–H and O–H groups in total. The number of hydrogen-bond acceptors (Lipinski definition) is 3. The molecule has 0 aromatic carbocycles. The lowest BCUT2D eigenvalue weighted by atomic mass is 9.87. The molecule has 3 heteroatoms. The number of hydrogen-bond donors (Lipinski definition) is 1. The SMILES string of the molecule is CCCCCC[C@@]1(C)OC(C)(C)O[C@H](C)[C@@H]1O. The van der Waals surface area contributed by atoms with E-state index in [0.717, 1.165) is 12.8 Å². The second-order valence-corrected chi connectivity index (χ2v) is 5.89. The predicted octanol–water partition coefficient (Wildman–Crippen LogP) is 3.25. The van der Waals surface area contributed by atoms with E-state index < -0.39 is 17.5 Å². The molecule has 0 bridgehead atoms. The fourth-order valence-electron chi connectivity index (χ4n) is 2.76. The topological polar surface area (TPSA) is 38.7 Å². The van der Waals surface area contributed by atoms with Gasteiger partial charge in [-0.05, 0) is 34.1 Å². The summed E-state index contributed by atoms with van der Waals surface area (Å²) in [6.45, 7) is 9.95. The molecule has 0 aromatic heterocycles. The Morgan fingerprint density at radius 2 is 1.76 bits per heavy atom. The quantitative estimate of drug-likeness (QED) is 0.754. The number of rotatable bonds is 5. The lowest BCUT2D eigenvalue weighted by Crippen LogP contribution is -2.59. The first-order valence-electron chi connectivity index (χ1n) is 6.87. The molecule has 0 aromatic rings. The van der Waals surface area contributed by atoms with Crippen molar-refractivity contribution in [1.82, 2.24) is 0 Å². The number of ether oxygens (including phenoxy) is 2. The molecular formula is C14H28O3. The molecule has 1 fully saturated rings. The molecule has 17 heavy (non-hydrogen) atoms. The Balaban J connectivity index is 2.57. The summed E-state index contributed by atoms with van der Waals surface area (Å²) < 4.78 is 11.6. The van der Waals surface area contributed by atoms with E-state index in [1.54, 1.807) is 0 Å². The first-order chi connectivity index (χ1) is 7.81. The van der Waals surface area contributed by atoms with Crippen molar-refractivity contribution in [1.29, 1.82) is 0 Å². The predicted molar refractivity (Wildman–Crippen MR) is 68.9 cm³/mol. The molecule has 3 atom stereocenters. The normalized spacial score (nSPS) is 37.1. The highest BCUT2D eigenvalue weighted by Crippen LogP contribution is 2.37. The monoisotopic (exact) mass is 244 g/mol. The first-order valence-corrected chi connectivity index (χ1v) is 6.87. The fraction of sp³-hybridized carbons (Fsp3) is 1.00. The molecule has 1 saturated heterocycles. The molecule has 1 heterocycles. The maximum Gasteiger partial charge on any atom is 0.164 e. The smallest absolute Gasteiger partial charge is 0.164 e. The van der Waals surface area contributed by atoms with Crippen molar-refractivity contribution in [3.8, 4) is 0 Å². The van der Waals surface area contributed by atoms with Crippen molar-refractivity contribution in [2.24, 2.45) is 0 Å². The third-order valence-corrected chi connectivity index (χ3v) is 3.55. The first kappa shape index (κ1) is 14.9. The summed E-state index contributed by atoms with van der Waals surface area (Å²) >= 11 is 0. The Morgan fingerprint density at radius 3 is 2.35 bits per heavy atom. The van der Waals surface area contributed by atoms with Gasteiger partial charge >= 0.3 is 0 Å². The van der Waals surface area contributed by atoms with Crippen LogP contribution in [-0.4, -0.2) is 28.7 Å². The molecule has 3 nitrogen and oxygen atoms in total. The maximum absolute atomic E-state index is 10.2. The second kappa shape index (κ2) is 5.68. The van der Waals surface area contributed by atoms with Crippen LogP contribution in [-0.2, 0) is 9.47 Å². The van der Waals surface area contributed by atoms with Crippen molar-refractivity contribution in [2.45, 2.75) is 90.3 Å². The van der Waals surface area contributed by atoms with Gasteiger partial charge in [-0.3, -0.25) is 0 Å². The van der Waals surface area contributed by atoms with E-state index >= 15 is 0 Å². The minimum absolute atomic E-state index is 0.171. The van der Waals surface area contributed by atoms with Gasteiger partial charge in [-0.25, -0.2) is 0 Å². The van der Waals surface area contributed by atoms with Gasteiger partial charge in [0.05, 0.1) is 11.7 Å². The summed E-state index contributed by atoms with van der Waals surface area (Å²) in [7, 11) is 0. The Labute approximate surface area is 105 Å². The molecule has 0 unspecified atom stereocenters. The molecule has 0 spiro atoms. The lowest BCUT2D eigenvalue weighted by Gasteiger charge is -2.49. The zero-order valence-corrected chi connectivity index (χ0v) is 12.0. The molecule has 0 saturated carbocycles. The summed E-state index contributed by atoms with van der Waals surface area (Å²) in [5.74, 6) is -0.599. The van der Waals surface area contributed by atoms with Gasteiger partial charge in [-0.1, -0.05) is 32.6 Å². The van der Waals surface area contributed by atoms with Crippen molar-refractivity contribution >= 4 is 0 Å². The van der Waals surface area contributed by atoms with Crippen LogP contribution < -0.4 is 0 Å². The molecule has 1 aliphatic rings. The Kier molecular flexibility index (Phi) is 4.99. The molecular weight excluding hydrogens is 216 g/mol. The van der Waals surface area contributed by atoms with E-state index in [1.807, 2.05) is 27.7 Å². The Hall–Kier alpha value is -0.120. The van der Waals surface area contributed by atoms with Crippen LogP contribution in [0.5, 0.6) is 0 Å². The van der Waals surface area contributed by atoms with Gasteiger partial charge in [0.25, 0.3) is 0 Å². The van der Waals surface area contributed by atoms with E-state index in [0.29, 0.717) is 0 Å². The molecule has 102 valence electrons. The largest absolute Gasteiger partial charge is 0.387 e. The Bertz CT molecular complexity index is 240. The van der Waals surface area contributed by atoms with Crippen molar-refractivity contribution in [2.75, 3.05) is 0 Å². The van der Waals surface area contributed by atoms with Crippen molar-refractivity contribution in [3.63, 3.8) is 0 Å². The van der Waals surface area contributed by atoms with Crippen LogP contribution in [0.2, 0.25) is 0 Å². The zero-order chi connectivity index (χ0) is 13.1. The van der Waals surface area contributed by atoms with Gasteiger partial charge in [0.1, 0.15) is 6.10 Å². The van der Waals surface area contributed by atoms with Gasteiger partial charge in [0.2, 0.25) is 0 Å². The van der Waals surface area contributed by atoms with Crippen LogP contribution in [0.4, 0.5) is 0 Å². The molecule has 0 amide bonds. The van der Waals surface area contributed by atoms with Gasteiger partial charge in [0.15, 0.2) is 5.79 Å². The molecule has 0 radical (unpaired) electrons. The van der Waals surface area contributed by atoms with Crippen LogP contribution in [0.25, 0.3) is 0 Å². The van der Waals surface area contributed by atoms with Gasteiger partial charge in [-0.2, -0.15) is 0 Å². The van der Waals surface area contributed by atoms with E-state index in [1.165, 1.54) is 19.3 Å². The summed E-state index contributed by atoms with van der Waals surface area (Å²) in [6.07, 6.45) is 4.96. The third kappa shape index (κ3) is 3.94. The highest BCUT2D eigenvalue weighted by Gasteiger charge is 2.47. The van der Waals surface area contributed by atoms with Crippen LogP contribution >= 0.6 is 0 Å². The number of aliphatic hydroxyl groups is 1. The average Bonchev–Trinajstić information content (AvgIpc) is 2.20. The maximum atomic E-state index is 10.2. The minimum Gasteiger partial charge on any atom is -0.387 e. The summed E-state index contributed by atoms with van der Waals surface area (Å²) in [6, 6.07) is 0. The number of unbranched alkanes of at least 4 members (excludes halogenated alkanes) is 3. The van der Waals surface area contributed by atoms with Gasteiger partial charge in [-0.15, -0.1) is 0 Å². The summed E-state index contributed by atoms with van der Waals surface area (Å²) in [5.41, 5.74) is -0.477. The highest BCUT2D eigenvalue weighted by molar-refractivity contribution is 4.93. The molecule has 1 aliphatic heterocycles. The van der Waals surface area contributed by atoms with Crippen LogP contribution in [0.3, 0.4) is 0 Å². The minimum atomic E-state index is -0.599.